The number of aromatic nitrogens is 3. The number of carbonyl (C=O) groups is 1. The maximum absolute atomic E-state index is 12.6. The number of fused-ring (bicyclic) bond motifs is 2. The Morgan fingerprint density at radius 2 is 1.97 bits per heavy atom. The molecule has 150 valence electrons. The second-order valence-electron chi connectivity index (χ2n) is 7.45. The molecule has 0 spiro atoms. The van der Waals surface area contributed by atoms with Crippen LogP contribution < -0.4 is 10.1 Å². The highest BCUT2D eigenvalue weighted by Crippen LogP contribution is 2.33. The Morgan fingerprint density at radius 1 is 1.13 bits per heavy atom. The Hall–Kier alpha value is -3.87. The van der Waals surface area contributed by atoms with E-state index in [4.69, 9.17) is 4.74 Å². The fourth-order valence-electron chi connectivity index (χ4n) is 3.82. The van der Waals surface area contributed by atoms with Crippen LogP contribution in [-0.2, 0) is 13.1 Å². The van der Waals surface area contributed by atoms with E-state index < -0.39 is 0 Å². The summed E-state index contributed by atoms with van der Waals surface area (Å²) in [5.41, 5.74) is 6.66. The van der Waals surface area contributed by atoms with Crippen molar-refractivity contribution >= 4 is 22.6 Å². The summed E-state index contributed by atoms with van der Waals surface area (Å²) in [6.45, 7) is 3.02. The third-order valence-electron chi connectivity index (χ3n) is 5.38. The molecule has 0 atom stereocenters. The summed E-state index contributed by atoms with van der Waals surface area (Å²) in [5.74, 6) is 0.799. The number of hydrogen-bond donors (Lipinski definition) is 2. The number of pyridine rings is 1. The number of nitrogens with one attached hydrogen (secondary N) is 2. The van der Waals surface area contributed by atoms with Gasteiger partial charge in [-0.15, -0.1) is 0 Å². The van der Waals surface area contributed by atoms with Crippen LogP contribution in [0.25, 0.3) is 22.2 Å². The minimum absolute atomic E-state index is 0.109. The van der Waals surface area contributed by atoms with Crippen LogP contribution in [0, 0.1) is 6.92 Å². The minimum atomic E-state index is -0.109. The first-order chi connectivity index (χ1) is 14.6. The van der Waals surface area contributed by atoms with Gasteiger partial charge in [0.2, 0.25) is 0 Å². The number of anilines is 1. The Labute approximate surface area is 173 Å². The van der Waals surface area contributed by atoms with Gasteiger partial charge in [-0.2, -0.15) is 5.10 Å². The van der Waals surface area contributed by atoms with Gasteiger partial charge in [0, 0.05) is 41.6 Å². The minimum Gasteiger partial charge on any atom is -0.497 e. The third-order valence-corrected chi connectivity index (χ3v) is 5.38. The summed E-state index contributed by atoms with van der Waals surface area (Å²) in [7, 11) is 1.64. The maximum Gasteiger partial charge on any atom is 0.322 e. The number of amides is 2. The molecular weight excluding hydrogens is 378 g/mol. The van der Waals surface area contributed by atoms with Gasteiger partial charge in [-0.05, 0) is 54.4 Å². The highest BCUT2D eigenvalue weighted by atomic mass is 16.5. The van der Waals surface area contributed by atoms with Crippen molar-refractivity contribution in [3.05, 3.63) is 71.5 Å². The quantitative estimate of drug-likeness (QED) is 0.530. The van der Waals surface area contributed by atoms with Crippen LogP contribution in [0.5, 0.6) is 5.75 Å². The molecule has 1 aliphatic rings. The number of aromatic amines is 1. The molecule has 2 aromatic carbocycles. The molecule has 2 aromatic heterocycles. The highest BCUT2D eigenvalue weighted by Gasteiger charge is 2.24. The lowest BCUT2D eigenvalue weighted by molar-refractivity contribution is 0.204. The first kappa shape index (κ1) is 18.2. The molecule has 7 heteroatoms. The van der Waals surface area contributed by atoms with E-state index in [1.807, 2.05) is 49.4 Å². The third kappa shape index (κ3) is 3.24. The zero-order chi connectivity index (χ0) is 20.7. The Balaban J connectivity index is 1.47. The van der Waals surface area contributed by atoms with Gasteiger partial charge in [0.25, 0.3) is 0 Å². The monoisotopic (exact) mass is 399 g/mol. The van der Waals surface area contributed by atoms with Gasteiger partial charge in [0.15, 0.2) is 0 Å². The molecule has 0 radical (unpaired) electrons. The van der Waals surface area contributed by atoms with Crippen molar-refractivity contribution in [3.8, 4) is 17.0 Å². The van der Waals surface area contributed by atoms with Crippen LogP contribution in [0.1, 0.15) is 16.8 Å². The first-order valence-corrected chi connectivity index (χ1v) is 9.73. The van der Waals surface area contributed by atoms with Crippen molar-refractivity contribution < 1.29 is 9.53 Å². The molecule has 30 heavy (non-hydrogen) atoms. The van der Waals surface area contributed by atoms with Gasteiger partial charge in [-0.3, -0.25) is 10.1 Å². The molecule has 5 rings (SSSR count). The van der Waals surface area contributed by atoms with Crippen molar-refractivity contribution in [2.24, 2.45) is 0 Å². The maximum atomic E-state index is 12.6. The molecule has 0 saturated carbocycles. The first-order valence-electron chi connectivity index (χ1n) is 9.73. The Bertz CT molecular complexity index is 1250. The molecule has 0 fully saturated rings. The predicted octanol–water partition coefficient (Wildman–Crippen LogP) is 4.49. The fourth-order valence-corrected chi connectivity index (χ4v) is 3.82. The zero-order valence-electron chi connectivity index (χ0n) is 16.8. The van der Waals surface area contributed by atoms with Gasteiger partial charge in [-0.1, -0.05) is 12.1 Å². The van der Waals surface area contributed by atoms with E-state index >= 15 is 0 Å². The molecule has 0 unspecified atom stereocenters. The molecule has 2 N–H and O–H groups in total. The second-order valence-corrected chi connectivity index (χ2v) is 7.45. The molecule has 3 heterocycles. The molecule has 7 nitrogen and oxygen atoms in total. The zero-order valence-corrected chi connectivity index (χ0v) is 16.8. The van der Waals surface area contributed by atoms with E-state index in [1.54, 1.807) is 18.2 Å². The number of methoxy groups -OCH3 is 1. The van der Waals surface area contributed by atoms with Crippen molar-refractivity contribution in [2.45, 2.75) is 20.0 Å². The molecule has 2 amide bonds. The number of hydrogen-bond acceptors (Lipinski definition) is 4. The van der Waals surface area contributed by atoms with E-state index in [-0.39, 0.29) is 6.03 Å². The van der Waals surface area contributed by atoms with Crippen LogP contribution in [0.3, 0.4) is 0 Å². The number of benzene rings is 2. The van der Waals surface area contributed by atoms with E-state index in [1.165, 1.54) is 0 Å². The van der Waals surface area contributed by atoms with Crippen molar-refractivity contribution in [1.82, 2.24) is 20.1 Å². The number of ether oxygens (including phenoxy) is 1. The van der Waals surface area contributed by atoms with Crippen molar-refractivity contribution in [2.75, 3.05) is 12.4 Å². The van der Waals surface area contributed by atoms with Crippen LogP contribution >= 0.6 is 0 Å². The Kier molecular flexibility index (Phi) is 4.35. The van der Waals surface area contributed by atoms with Crippen molar-refractivity contribution in [1.29, 1.82) is 0 Å². The lowest BCUT2D eigenvalue weighted by Gasteiger charge is -2.29. The van der Waals surface area contributed by atoms with Gasteiger partial charge in [0.1, 0.15) is 11.4 Å². The summed E-state index contributed by atoms with van der Waals surface area (Å²) in [4.78, 5) is 18.7. The topological polar surface area (TPSA) is 83.1 Å². The van der Waals surface area contributed by atoms with Gasteiger partial charge in [0.05, 0.1) is 12.6 Å². The van der Waals surface area contributed by atoms with Crippen molar-refractivity contribution in [3.63, 3.8) is 0 Å². The van der Waals surface area contributed by atoms with Gasteiger partial charge < -0.3 is 15.0 Å². The number of nitrogens with zero attached hydrogens (tertiary/aromatic N) is 3. The summed E-state index contributed by atoms with van der Waals surface area (Å²) >= 11 is 0. The smallest absolute Gasteiger partial charge is 0.322 e. The standard InChI is InChI=1S/C23H21N5O2/c1-14-9-16(7-8-24-14)22-19-10-17-13-28(12-15-3-5-18(30-2)6-4-15)23(29)25-20(17)11-21(19)26-27-22/h3-11H,12-13H2,1-2H3,(H,25,29)(H,26,27). The average Bonchev–Trinajstić information content (AvgIpc) is 3.16. The summed E-state index contributed by atoms with van der Waals surface area (Å²) in [6, 6.07) is 15.7. The van der Waals surface area contributed by atoms with Gasteiger partial charge >= 0.3 is 6.03 Å². The number of aryl methyl sites for hydroxylation is 1. The summed E-state index contributed by atoms with van der Waals surface area (Å²) in [6.07, 6.45) is 1.79. The number of urea groups is 1. The second kappa shape index (κ2) is 7.18. The van der Waals surface area contributed by atoms with Crippen LogP contribution in [0.4, 0.5) is 10.5 Å². The SMILES string of the molecule is COc1ccc(CN2Cc3cc4c(-c5ccnc(C)c5)n[nH]c4cc3NC2=O)cc1. The van der Waals surface area contributed by atoms with Gasteiger partial charge in [-0.25, -0.2) is 4.79 Å². The Morgan fingerprint density at radius 3 is 2.73 bits per heavy atom. The molecule has 4 aromatic rings. The van der Waals surface area contributed by atoms with Crippen LogP contribution in [-0.4, -0.2) is 33.2 Å². The number of carbonyl (C=O) groups excluding carboxylic acids is 1. The van der Waals surface area contributed by atoms with E-state index in [2.05, 4.69) is 26.6 Å². The lowest BCUT2D eigenvalue weighted by atomic mass is 10.0. The molecular formula is C23H21N5O2. The fraction of sp³-hybridized carbons (Fsp3) is 0.174. The number of H-pyrrole nitrogens is 1. The molecule has 0 saturated heterocycles. The molecule has 0 aliphatic carbocycles. The predicted molar refractivity (Wildman–Crippen MR) is 115 cm³/mol. The normalized spacial score (nSPS) is 13.3. The largest absolute Gasteiger partial charge is 0.497 e. The number of rotatable bonds is 4. The summed E-state index contributed by atoms with van der Waals surface area (Å²) in [5, 5.41) is 11.6. The average molecular weight is 399 g/mol. The lowest BCUT2D eigenvalue weighted by Crippen LogP contribution is -2.38. The van der Waals surface area contributed by atoms with E-state index in [0.717, 1.165) is 50.4 Å². The van der Waals surface area contributed by atoms with Crippen LogP contribution in [0.2, 0.25) is 0 Å². The highest BCUT2D eigenvalue weighted by molar-refractivity contribution is 6.00. The molecule has 1 aliphatic heterocycles. The van der Waals surface area contributed by atoms with E-state index in [0.29, 0.717) is 13.1 Å². The summed E-state index contributed by atoms with van der Waals surface area (Å²) < 4.78 is 5.21. The molecule has 0 bridgehead atoms. The van der Waals surface area contributed by atoms with E-state index in [9.17, 15) is 4.79 Å². The van der Waals surface area contributed by atoms with Crippen LogP contribution in [0.15, 0.2) is 54.7 Å².